The Morgan fingerprint density at radius 3 is 1.45 bits per heavy atom. The Hall–Kier alpha value is -4.98. The molecule has 2 spiro atoms. The average molecular weight is 1030 g/mol. The Balaban J connectivity index is 0.000000190. The zero-order valence-corrected chi connectivity index (χ0v) is 41.7. The number of rotatable bonds is 14. The van der Waals surface area contributed by atoms with Crippen LogP contribution in [0.3, 0.4) is 0 Å². The molecule has 4 fully saturated rings. The molecule has 16 nitrogen and oxygen atoms in total. The molecule has 2 aliphatic heterocycles. The number of hydrogen-bond donors (Lipinski definition) is 5. The second kappa shape index (κ2) is 20.0. The number of benzene rings is 3. The van der Waals surface area contributed by atoms with Gasteiger partial charge in [0.25, 0.3) is 21.7 Å². The lowest BCUT2D eigenvalue weighted by Crippen LogP contribution is -2.42. The number of sulfonamides is 2. The summed E-state index contributed by atoms with van der Waals surface area (Å²) in [5.74, 6) is -1.30. The van der Waals surface area contributed by atoms with Gasteiger partial charge < -0.3 is 30.9 Å². The first kappa shape index (κ1) is 50.4. The van der Waals surface area contributed by atoms with Crippen molar-refractivity contribution in [3.63, 3.8) is 0 Å². The SMILES string of the molecule is CCOc1c(Nc2ccc(Cl)c(S(=O)(=O)N3CCC4(CCCC4)CC3)c2O)c(=O)c1=O.CC[C@@H](Nc1c(Nc2ccc(Cl)c(S(=O)(=O)N3CCC4(CCCC4)CC3)c2O)c(=O)c1=O)c1ccccc1. The maximum absolute atomic E-state index is 13.6. The summed E-state index contributed by atoms with van der Waals surface area (Å²) in [5, 5.41) is 30.2. The van der Waals surface area contributed by atoms with Crippen molar-refractivity contribution < 1.29 is 31.8 Å². The minimum Gasteiger partial charge on any atom is -0.504 e. The van der Waals surface area contributed by atoms with Gasteiger partial charge in [-0.3, -0.25) is 19.2 Å². The van der Waals surface area contributed by atoms with Gasteiger partial charge >= 0.3 is 0 Å². The van der Waals surface area contributed by atoms with Crippen LogP contribution in [0, 0.1) is 10.8 Å². The predicted molar refractivity (Wildman–Crippen MR) is 268 cm³/mol. The molecule has 2 saturated heterocycles. The standard InChI is InChI=1S/C28H32ClN3O5S.C21H25ClN2O6S/c1-2-20(18-8-4-3-5-9-18)30-22-23(26(35)25(22)34)31-21-11-10-19(29)27(24(21)33)38(36,37)32-16-14-28(15-17-32)12-6-7-13-28;1-2-30-19-15(17(26)18(19)27)23-14-6-5-13(22)20(16(14)25)31(28,29)24-11-9-21(10-12-24)7-3-4-8-21/h3-5,8-11,20,30-31,33H,2,6-7,12-17H2,1H3;5-6,23,25H,2-4,7-12H2,1H3/t20-;/m1./s1. The number of hydrogen-bond acceptors (Lipinski definition) is 14. The van der Waals surface area contributed by atoms with Crippen molar-refractivity contribution in [1.29, 1.82) is 0 Å². The summed E-state index contributed by atoms with van der Waals surface area (Å²) in [6.45, 7) is 5.31. The van der Waals surface area contributed by atoms with Gasteiger partial charge in [0.05, 0.1) is 34.1 Å². The lowest BCUT2D eigenvalue weighted by molar-refractivity contribution is 0.160. The van der Waals surface area contributed by atoms with Crippen molar-refractivity contribution in [2.45, 2.75) is 113 Å². The molecular formula is C49H57Cl2N5O11S2. The fourth-order valence-electron chi connectivity index (χ4n) is 10.7. The zero-order chi connectivity index (χ0) is 49.5. The average Bonchev–Trinajstić information content (AvgIpc) is 4.01. The van der Waals surface area contributed by atoms with Crippen LogP contribution in [0.1, 0.15) is 109 Å². The van der Waals surface area contributed by atoms with E-state index in [1.165, 1.54) is 58.6 Å². The van der Waals surface area contributed by atoms with Crippen LogP contribution >= 0.6 is 23.2 Å². The summed E-state index contributed by atoms with van der Waals surface area (Å²) < 4.78 is 61.7. The number of phenolic OH excluding ortho intramolecular Hbond substituents is 2. The highest BCUT2D eigenvalue weighted by Crippen LogP contribution is 2.50. The second-order valence-corrected chi connectivity index (χ2v) is 23.3. The highest BCUT2D eigenvalue weighted by atomic mass is 35.5. The van der Waals surface area contributed by atoms with Crippen molar-refractivity contribution in [1.82, 2.24) is 8.61 Å². The van der Waals surface area contributed by atoms with Crippen LogP contribution in [0.4, 0.5) is 28.4 Å². The van der Waals surface area contributed by atoms with Crippen LogP contribution in [-0.2, 0) is 20.0 Å². The summed E-state index contributed by atoms with van der Waals surface area (Å²) in [6, 6.07) is 14.8. The molecule has 0 aromatic heterocycles. The lowest BCUT2D eigenvalue weighted by atomic mass is 9.78. The molecule has 2 aliphatic carbocycles. The second-order valence-electron chi connectivity index (χ2n) is 18.7. The minimum absolute atomic E-state index is 0.0137. The number of anilines is 5. The van der Waals surface area contributed by atoms with E-state index >= 15 is 0 Å². The fraction of sp³-hybridized carbons (Fsp3) is 0.469. The van der Waals surface area contributed by atoms with Gasteiger partial charge in [0.1, 0.15) is 26.9 Å². The molecule has 0 amide bonds. The molecule has 0 unspecified atom stereocenters. The third-order valence-corrected chi connectivity index (χ3v) is 19.6. The smallest absolute Gasteiger partial charge is 0.272 e. The van der Waals surface area contributed by atoms with Gasteiger partial charge in [-0.2, -0.15) is 8.61 Å². The van der Waals surface area contributed by atoms with E-state index in [1.807, 2.05) is 37.3 Å². The molecule has 0 radical (unpaired) electrons. The Morgan fingerprint density at radius 1 is 0.594 bits per heavy atom. The molecule has 2 heterocycles. The van der Waals surface area contributed by atoms with Gasteiger partial charge in [-0.15, -0.1) is 0 Å². The van der Waals surface area contributed by atoms with Crippen LogP contribution in [0.5, 0.6) is 17.2 Å². The predicted octanol–water partition coefficient (Wildman–Crippen LogP) is 8.42. The van der Waals surface area contributed by atoms with E-state index in [2.05, 4.69) is 16.0 Å². The first-order chi connectivity index (χ1) is 32.9. The van der Waals surface area contributed by atoms with Crippen LogP contribution in [0.25, 0.3) is 0 Å². The van der Waals surface area contributed by atoms with E-state index in [9.17, 15) is 46.2 Å². The van der Waals surface area contributed by atoms with Gasteiger partial charge in [0.2, 0.25) is 20.0 Å². The van der Waals surface area contributed by atoms with Crippen LogP contribution < -0.4 is 42.4 Å². The molecule has 20 heteroatoms. The number of nitrogens with one attached hydrogen (secondary N) is 3. The van der Waals surface area contributed by atoms with Crippen molar-refractivity contribution in [2.24, 2.45) is 10.8 Å². The zero-order valence-electron chi connectivity index (χ0n) is 38.5. The molecule has 4 aliphatic rings. The van der Waals surface area contributed by atoms with Crippen molar-refractivity contribution in [3.8, 4) is 17.2 Å². The molecule has 5 aromatic carbocycles. The van der Waals surface area contributed by atoms with Crippen LogP contribution in [-0.4, -0.2) is 68.4 Å². The van der Waals surface area contributed by atoms with Gasteiger partial charge in [-0.05, 0) is 105 Å². The first-order valence-electron chi connectivity index (χ1n) is 23.5. The number of phenols is 2. The number of piperidine rings is 2. The Bertz CT molecular complexity index is 3080. The van der Waals surface area contributed by atoms with Crippen molar-refractivity contribution >= 4 is 71.7 Å². The molecule has 5 aromatic rings. The first-order valence-corrected chi connectivity index (χ1v) is 27.2. The van der Waals surface area contributed by atoms with E-state index in [0.717, 1.165) is 56.9 Å². The number of ether oxygens (including phenoxy) is 1. The van der Waals surface area contributed by atoms with E-state index in [0.29, 0.717) is 32.6 Å². The van der Waals surface area contributed by atoms with E-state index in [-0.39, 0.29) is 67.7 Å². The van der Waals surface area contributed by atoms with E-state index < -0.39 is 63.1 Å². The highest BCUT2D eigenvalue weighted by molar-refractivity contribution is 7.89. The van der Waals surface area contributed by atoms with E-state index in [4.69, 9.17) is 27.9 Å². The molecule has 2 saturated carbocycles. The highest BCUT2D eigenvalue weighted by Gasteiger charge is 2.43. The fourth-order valence-corrected chi connectivity index (χ4v) is 14.7. The largest absolute Gasteiger partial charge is 0.504 e. The summed E-state index contributed by atoms with van der Waals surface area (Å²) in [4.78, 5) is 47.7. The van der Waals surface area contributed by atoms with Gasteiger partial charge in [-0.25, -0.2) is 16.8 Å². The normalized spacial score (nSPS) is 18.8. The molecule has 0 bridgehead atoms. The molecule has 370 valence electrons. The quantitative estimate of drug-likeness (QED) is 0.0520. The minimum atomic E-state index is -4.09. The summed E-state index contributed by atoms with van der Waals surface area (Å²) in [5.41, 5.74) is -1.64. The van der Waals surface area contributed by atoms with Crippen LogP contribution in [0.15, 0.2) is 83.6 Å². The molecule has 9 rings (SSSR count). The van der Waals surface area contributed by atoms with Crippen molar-refractivity contribution in [2.75, 3.05) is 48.7 Å². The Labute approximate surface area is 411 Å². The van der Waals surface area contributed by atoms with Crippen LogP contribution in [0.2, 0.25) is 10.0 Å². The maximum Gasteiger partial charge on any atom is 0.272 e. The van der Waals surface area contributed by atoms with Gasteiger partial charge in [0.15, 0.2) is 17.2 Å². The maximum atomic E-state index is 13.6. The summed E-state index contributed by atoms with van der Waals surface area (Å²) in [7, 11) is -8.14. The third kappa shape index (κ3) is 9.64. The molecule has 1 atom stereocenters. The Morgan fingerprint density at radius 2 is 1.01 bits per heavy atom. The van der Waals surface area contributed by atoms with Gasteiger partial charge in [-0.1, -0.05) is 86.1 Å². The number of aromatic hydroxyl groups is 2. The summed E-state index contributed by atoms with van der Waals surface area (Å²) in [6.07, 6.45) is 13.1. The lowest BCUT2D eigenvalue weighted by Gasteiger charge is -2.38. The monoisotopic (exact) mass is 1030 g/mol. The van der Waals surface area contributed by atoms with Crippen molar-refractivity contribution in [3.05, 3.63) is 111 Å². The Kier molecular flexibility index (Phi) is 14.6. The number of halogens is 2. The number of nitrogens with zero attached hydrogens (tertiary/aromatic N) is 2. The summed E-state index contributed by atoms with van der Waals surface area (Å²) >= 11 is 12.5. The topological polar surface area (TPSA) is 229 Å². The molecule has 5 N–H and O–H groups in total. The van der Waals surface area contributed by atoms with E-state index in [1.54, 1.807) is 6.92 Å². The third-order valence-electron chi connectivity index (χ3n) is 14.8. The molecule has 69 heavy (non-hydrogen) atoms. The molecular weight excluding hydrogens is 970 g/mol. The van der Waals surface area contributed by atoms with Gasteiger partial charge in [0, 0.05) is 26.2 Å².